The molecule has 0 aliphatic heterocycles. The summed E-state index contributed by atoms with van der Waals surface area (Å²) in [6, 6.07) is 6.76. The molecular weight excluding hydrogens is 220 g/mol. The van der Waals surface area contributed by atoms with Crippen molar-refractivity contribution in [1.82, 2.24) is 0 Å². The van der Waals surface area contributed by atoms with Gasteiger partial charge in [-0.05, 0) is 25.1 Å². The van der Waals surface area contributed by atoms with E-state index in [9.17, 15) is 4.79 Å². The predicted octanol–water partition coefficient (Wildman–Crippen LogP) is 1.41. The molecule has 0 aliphatic carbocycles. The van der Waals surface area contributed by atoms with Crippen LogP contribution in [0.4, 0.5) is 0 Å². The lowest BCUT2D eigenvalue weighted by molar-refractivity contribution is 0.0996. The summed E-state index contributed by atoms with van der Waals surface area (Å²) in [5.74, 6) is -0.00971. The fraction of sp³-hybridized carbons (Fsp3) is 0.167. The Hall–Kier alpha value is -2.30. The monoisotopic (exact) mass is 232 g/mol. The van der Waals surface area contributed by atoms with Crippen molar-refractivity contribution in [2.24, 2.45) is 5.73 Å². The van der Waals surface area contributed by atoms with Gasteiger partial charge >= 0.3 is 0 Å². The minimum atomic E-state index is -0.672. The zero-order chi connectivity index (χ0) is 12.4. The second-order valence-corrected chi connectivity index (χ2v) is 3.49. The molecule has 0 atom stereocenters. The molecule has 0 saturated carbocycles. The Labute approximate surface area is 97.3 Å². The van der Waals surface area contributed by atoms with Crippen LogP contribution >= 0.6 is 0 Å². The molecule has 1 amide bonds. The molecule has 1 aromatic carbocycles. The summed E-state index contributed by atoms with van der Waals surface area (Å²) in [6.07, 6.45) is 0. The zero-order valence-corrected chi connectivity index (χ0v) is 9.32. The van der Waals surface area contributed by atoms with Crippen molar-refractivity contribution < 1.29 is 13.9 Å². The van der Waals surface area contributed by atoms with Gasteiger partial charge in [0.15, 0.2) is 0 Å². The number of nitrogens with one attached hydrogen (secondary N) is 1. The Bertz CT molecular complexity index is 631. The number of amides is 1. The van der Waals surface area contributed by atoms with E-state index in [0.717, 1.165) is 0 Å². The topological polar surface area (TPSA) is 89.3 Å². The normalized spacial score (nSPS) is 10.4. The minimum absolute atomic E-state index is 0.0710. The van der Waals surface area contributed by atoms with Crippen LogP contribution in [0.1, 0.15) is 17.3 Å². The lowest BCUT2D eigenvalue weighted by atomic mass is 10.1. The summed E-state index contributed by atoms with van der Waals surface area (Å²) in [5.41, 5.74) is 5.46. The fourth-order valence-electron chi connectivity index (χ4n) is 1.55. The maximum Gasteiger partial charge on any atom is 0.254 e. The maximum absolute atomic E-state index is 11.1. The van der Waals surface area contributed by atoms with Crippen molar-refractivity contribution in [3.05, 3.63) is 35.4 Å². The lowest BCUT2D eigenvalue weighted by Gasteiger charge is -2.04. The number of carbonyl (C=O) groups excluding carboxylic acids is 1. The lowest BCUT2D eigenvalue weighted by Crippen LogP contribution is -2.20. The third-order valence-corrected chi connectivity index (χ3v) is 2.32. The quantitative estimate of drug-likeness (QED) is 0.838. The van der Waals surface area contributed by atoms with Crippen LogP contribution < -0.4 is 16.0 Å². The largest absolute Gasteiger partial charge is 0.494 e. The number of hydrogen-bond donors (Lipinski definition) is 2. The molecule has 5 heteroatoms. The highest BCUT2D eigenvalue weighted by molar-refractivity contribution is 5.95. The molecule has 2 rings (SSSR count). The first-order chi connectivity index (χ1) is 8.11. The average molecular weight is 232 g/mol. The van der Waals surface area contributed by atoms with E-state index in [1.807, 2.05) is 6.92 Å². The molecule has 0 radical (unpaired) electrons. The Morgan fingerprint density at radius 1 is 1.47 bits per heavy atom. The highest BCUT2D eigenvalue weighted by Crippen LogP contribution is 2.20. The van der Waals surface area contributed by atoms with Gasteiger partial charge in [0, 0.05) is 11.5 Å². The average Bonchev–Trinajstić information content (AvgIpc) is 2.28. The van der Waals surface area contributed by atoms with Crippen molar-refractivity contribution in [2.75, 3.05) is 6.61 Å². The zero-order valence-electron chi connectivity index (χ0n) is 9.32. The van der Waals surface area contributed by atoms with E-state index in [2.05, 4.69) is 0 Å². The van der Waals surface area contributed by atoms with Crippen molar-refractivity contribution in [2.45, 2.75) is 6.92 Å². The van der Waals surface area contributed by atoms with Gasteiger partial charge in [-0.25, -0.2) is 0 Å². The van der Waals surface area contributed by atoms with E-state index in [1.54, 1.807) is 24.3 Å². The van der Waals surface area contributed by atoms with Crippen LogP contribution in [0.15, 0.2) is 28.7 Å². The number of benzene rings is 1. The maximum atomic E-state index is 11.1. The Kier molecular flexibility index (Phi) is 2.82. The van der Waals surface area contributed by atoms with Crippen LogP contribution in [0.25, 0.3) is 11.0 Å². The van der Waals surface area contributed by atoms with Gasteiger partial charge in [0.25, 0.3) is 5.91 Å². The van der Waals surface area contributed by atoms with Crippen LogP contribution in [-0.4, -0.2) is 12.5 Å². The van der Waals surface area contributed by atoms with Gasteiger partial charge in [-0.1, -0.05) is 0 Å². The standard InChI is InChI=1S/C12H12N2O3/c1-2-16-8-4-3-7-5-9(11(13)15)12(14)17-10(7)6-8/h3-6,14H,2H2,1H3,(H2,13,15). The summed E-state index contributed by atoms with van der Waals surface area (Å²) in [4.78, 5) is 11.1. The van der Waals surface area contributed by atoms with Crippen LogP contribution in [0, 0.1) is 5.41 Å². The number of primary amides is 1. The second-order valence-electron chi connectivity index (χ2n) is 3.49. The van der Waals surface area contributed by atoms with Crippen molar-refractivity contribution in [1.29, 1.82) is 5.41 Å². The molecule has 0 fully saturated rings. The van der Waals surface area contributed by atoms with Crippen molar-refractivity contribution in [3.8, 4) is 5.75 Å². The van der Waals surface area contributed by atoms with Gasteiger partial charge in [-0.15, -0.1) is 0 Å². The summed E-state index contributed by atoms with van der Waals surface area (Å²) in [6.45, 7) is 2.44. The highest BCUT2D eigenvalue weighted by Gasteiger charge is 2.08. The van der Waals surface area contributed by atoms with E-state index >= 15 is 0 Å². The number of ether oxygens (including phenoxy) is 1. The third-order valence-electron chi connectivity index (χ3n) is 2.32. The predicted molar refractivity (Wildman–Crippen MR) is 61.8 cm³/mol. The first kappa shape index (κ1) is 11.2. The summed E-state index contributed by atoms with van der Waals surface area (Å²) >= 11 is 0. The first-order valence-electron chi connectivity index (χ1n) is 5.17. The molecule has 88 valence electrons. The van der Waals surface area contributed by atoms with E-state index in [4.69, 9.17) is 20.3 Å². The Morgan fingerprint density at radius 2 is 2.24 bits per heavy atom. The third kappa shape index (κ3) is 2.13. The van der Waals surface area contributed by atoms with Crippen molar-refractivity contribution in [3.63, 3.8) is 0 Å². The van der Waals surface area contributed by atoms with E-state index in [0.29, 0.717) is 23.3 Å². The Balaban J connectivity index is 2.62. The molecule has 2 aromatic rings. The fourth-order valence-corrected chi connectivity index (χ4v) is 1.55. The van der Waals surface area contributed by atoms with Crippen LogP contribution in [-0.2, 0) is 0 Å². The van der Waals surface area contributed by atoms with Gasteiger partial charge in [0.05, 0.1) is 6.61 Å². The molecule has 0 aliphatic rings. The van der Waals surface area contributed by atoms with Crippen LogP contribution in [0.2, 0.25) is 0 Å². The van der Waals surface area contributed by atoms with Crippen molar-refractivity contribution >= 4 is 16.9 Å². The number of carbonyl (C=O) groups is 1. The minimum Gasteiger partial charge on any atom is -0.494 e. The number of rotatable bonds is 3. The smallest absolute Gasteiger partial charge is 0.254 e. The molecule has 1 aromatic heterocycles. The van der Waals surface area contributed by atoms with Gasteiger partial charge in [-0.3, -0.25) is 10.2 Å². The number of nitrogens with two attached hydrogens (primary N) is 1. The van der Waals surface area contributed by atoms with Gasteiger partial charge < -0.3 is 14.9 Å². The van der Waals surface area contributed by atoms with Crippen LogP contribution in [0.5, 0.6) is 5.75 Å². The second kappa shape index (κ2) is 4.29. The van der Waals surface area contributed by atoms with E-state index in [-0.39, 0.29) is 11.1 Å². The van der Waals surface area contributed by atoms with E-state index in [1.165, 1.54) is 0 Å². The summed E-state index contributed by atoms with van der Waals surface area (Å²) in [7, 11) is 0. The number of fused-ring (bicyclic) bond motifs is 1. The summed E-state index contributed by atoms with van der Waals surface area (Å²) in [5, 5.41) is 8.25. The summed E-state index contributed by atoms with van der Waals surface area (Å²) < 4.78 is 10.5. The number of hydrogen-bond acceptors (Lipinski definition) is 4. The van der Waals surface area contributed by atoms with Gasteiger partial charge in [0.1, 0.15) is 16.9 Å². The highest BCUT2D eigenvalue weighted by atomic mass is 16.5. The molecule has 3 N–H and O–H groups in total. The molecule has 0 unspecified atom stereocenters. The van der Waals surface area contributed by atoms with E-state index < -0.39 is 5.91 Å². The molecule has 1 heterocycles. The molecule has 0 bridgehead atoms. The van der Waals surface area contributed by atoms with Crippen LogP contribution in [0.3, 0.4) is 0 Å². The molecule has 0 saturated heterocycles. The first-order valence-corrected chi connectivity index (χ1v) is 5.17. The SMILES string of the molecule is CCOc1ccc2cc(C(N)=O)c(=N)oc2c1. The Morgan fingerprint density at radius 3 is 2.88 bits per heavy atom. The molecule has 5 nitrogen and oxygen atoms in total. The molecule has 0 spiro atoms. The molecular formula is C12H12N2O3. The van der Waals surface area contributed by atoms with Gasteiger partial charge in [0.2, 0.25) is 5.55 Å². The van der Waals surface area contributed by atoms with Gasteiger partial charge in [-0.2, -0.15) is 0 Å². The molecule has 17 heavy (non-hydrogen) atoms.